The third-order valence-corrected chi connectivity index (χ3v) is 4.11. The van der Waals surface area contributed by atoms with Gasteiger partial charge >= 0.3 is 0 Å². The van der Waals surface area contributed by atoms with Crippen molar-refractivity contribution in [2.45, 2.75) is 33.2 Å². The molecule has 2 unspecified atom stereocenters. The Balaban J connectivity index is 2.76. The highest BCUT2D eigenvalue weighted by molar-refractivity contribution is 9.11. The molecule has 0 radical (unpaired) electrons. The third kappa shape index (κ3) is 3.07. The van der Waals surface area contributed by atoms with Crippen LogP contribution in [0, 0.1) is 5.92 Å². The van der Waals surface area contributed by atoms with Crippen molar-refractivity contribution in [2.24, 2.45) is 5.92 Å². The fourth-order valence-electron chi connectivity index (χ4n) is 1.59. The molecule has 0 amide bonds. The van der Waals surface area contributed by atoms with Gasteiger partial charge in [0, 0.05) is 6.04 Å². The summed E-state index contributed by atoms with van der Waals surface area (Å²) in [5.41, 5.74) is 1.41. The Bertz CT molecular complexity index is 272. The minimum Gasteiger partial charge on any atom is -0.310 e. The first-order chi connectivity index (χ1) is 6.69. The van der Waals surface area contributed by atoms with E-state index in [0.29, 0.717) is 12.0 Å². The van der Waals surface area contributed by atoms with Gasteiger partial charge < -0.3 is 5.32 Å². The molecule has 14 heavy (non-hydrogen) atoms. The van der Waals surface area contributed by atoms with Crippen LogP contribution in [0.15, 0.2) is 15.2 Å². The van der Waals surface area contributed by atoms with Gasteiger partial charge in [0.1, 0.15) is 0 Å². The van der Waals surface area contributed by atoms with Crippen molar-refractivity contribution < 1.29 is 0 Å². The van der Waals surface area contributed by atoms with Gasteiger partial charge in [0.05, 0.1) is 3.79 Å². The molecule has 0 aliphatic heterocycles. The van der Waals surface area contributed by atoms with E-state index in [1.807, 2.05) is 0 Å². The Morgan fingerprint density at radius 2 is 2.21 bits per heavy atom. The molecular weight excluding hydrogens is 258 g/mol. The third-order valence-electron chi connectivity index (χ3n) is 2.58. The maximum absolute atomic E-state index is 3.55. The van der Waals surface area contributed by atoms with Crippen LogP contribution in [0.4, 0.5) is 0 Å². The van der Waals surface area contributed by atoms with Gasteiger partial charge in [0.25, 0.3) is 0 Å². The summed E-state index contributed by atoms with van der Waals surface area (Å²) >= 11 is 5.28. The first kappa shape index (κ1) is 12.2. The van der Waals surface area contributed by atoms with Crippen molar-refractivity contribution in [3.63, 3.8) is 0 Å². The highest BCUT2D eigenvalue weighted by Gasteiger charge is 2.17. The fourth-order valence-corrected chi connectivity index (χ4v) is 2.80. The van der Waals surface area contributed by atoms with Gasteiger partial charge in [-0.3, -0.25) is 0 Å². The molecule has 3 heteroatoms. The second-order valence-electron chi connectivity index (χ2n) is 3.61. The van der Waals surface area contributed by atoms with Crippen LogP contribution in [0.3, 0.4) is 0 Å². The first-order valence-electron chi connectivity index (χ1n) is 5.16. The molecule has 1 rings (SSSR count). The Labute approximate surface area is 99.0 Å². The molecule has 0 saturated carbocycles. The van der Waals surface area contributed by atoms with Crippen LogP contribution in [0.25, 0.3) is 0 Å². The second-order valence-corrected chi connectivity index (χ2v) is 5.90. The molecule has 0 aliphatic rings. The molecule has 0 saturated heterocycles. The lowest BCUT2D eigenvalue weighted by atomic mass is 9.94. The van der Waals surface area contributed by atoms with Gasteiger partial charge in [-0.1, -0.05) is 27.2 Å². The van der Waals surface area contributed by atoms with Gasteiger partial charge in [-0.25, -0.2) is 0 Å². The molecule has 1 aromatic rings. The van der Waals surface area contributed by atoms with E-state index in [9.17, 15) is 0 Å². The average Bonchev–Trinajstić information content (AvgIpc) is 2.60. The summed E-state index contributed by atoms with van der Waals surface area (Å²) in [4.78, 5) is 0. The SMILES string of the molecule is CCNC(c1csc(Br)c1)C(C)CC. The van der Waals surface area contributed by atoms with E-state index in [-0.39, 0.29) is 0 Å². The lowest BCUT2D eigenvalue weighted by molar-refractivity contribution is 0.384. The van der Waals surface area contributed by atoms with Crippen LogP contribution in [-0.2, 0) is 0 Å². The summed E-state index contributed by atoms with van der Waals surface area (Å²) in [5, 5.41) is 5.79. The molecule has 1 nitrogen and oxygen atoms in total. The number of rotatable bonds is 5. The van der Waals surface area contributed by atoms with Crippen LogP contribution < -0.4 is 5.32 Å². The molecule has 0 fully saturated rings. The topological polar surface area (TPSA) is 12.0 Å². The molecule has 0 spiro atoms. The van der Waals surface area contributed by atoms with Crippen LogP contribution >= 0.6 is 27.3 Å². The van der Waals surface area contributed by atoms with Crippen molar-refractivity contribution in [2.75, 3.05) is 6.54 Å². The Kier molecular flexibility index (Phi) is 5.13. The maximum Gasteiger partial charge on any atom is 0.0701 e. The van der Waals surface area contributed by atoms with E-state index in [1.165, 1.54) is 15.8 Å². The lowest BCUT2D eigenvalue weighted by Gasteiger charge is -2.22. The summed E-state index contributed by atoms with van der Waals surface area (Å²) in [6, 6.07) is 2.73. The molecule has 0 aromatic carbocycles. The van der Waals surface area contributed by atoms with E-state index >= 15 is 0 Å². The van der Waals surface area contributed by atoms with E-state index in [4.69, 9.17) is 0 Å². The zero-order chi connectivity index (χ0) is 10.6. The van der Waals surface area contributed by atoms with Crippen LogP contribution in [0.2, 0.25) is 0 Å². The predicted molar refractivity (Wildman–Crippen MR) is 67.9 cm³/mol. The zero-order valence-electron chi connectivity index (χ0n) is 9.01. The van der Waals surface area contributed by atoms with E-state index in [0.717, 1.165) is 6.54 Å². The molecule has 1 heterocycles. The molecule has 1 aromatic heterocycles. The van der Waals surface area contributed by atoms with Crippen molar-refractivity contribution in [3.8, 4) is 0 Å². The number of hydrogen-bond acceptors (Lipinski definition) is 2. The standard InChI is InChI=1S/C11H18BrNS/c1-4-8(3)11(13-5-2)9-6-10(12)14-7-9/h6-8,11,13H,4-5H2,1-3H3. The van der Waals surface area contributed by atoms with E-state index < -0.39 is 0 Å². The van der Waals surface area contributed by atoms with E-state index in [1.54, 1.807) is 11.3 Å². The van der Waals surface area contributed by atoms with Crippen molar-refractivity contribution in [1.29, 1.82) is 0 Å². The quantitative estimate of drug-likeness (QED) is 0.849. The minimum absolute atomic E-state index is 0.507. The minimum atomic E-state index is 0.507. The fraction of sp³-hybridized carbons (Fsp3) is 0.636. The van der Waals surface area contributed by atoms with Crippen LogP contribution in [-0.4, -0.2) is 6.54 Å². The van der Waals surface area contributed by atoms with Crippen molar-refractivity contribution >= 4 is 27.3 Å². The van der Waals surface area contributed by atoms with Gasteiger partial charge in [0.2, 0.25) is 0 Å². The van der Waals surface area contributed by atoms with E-state index in [2.05, 4.69) is 53.5 Å². The van der Waals surface area contributed by atoms with Crippen LogP contribution in [0.5, 0.6) is 0 Å². The first-order valence-corrected chi connectivity index (χ1v) is 6.83. The van der Waals surface area contributed by atoms with Gasteiger partial charge in [-0.15, -0.1) is 11.3 Å². The van der Waals surface area contributed by atoms with Gasteiger partial charge in [-0.05, 0) is 45.4 Å². The van der Waals surface area contributed by atoms with Gasteiger partial charge in [-0.2, -0.15) is 0 Å². The van der Waals surface area contributed by atoms with Crippen molar-refractivity contribution in [3.05, 3.63) is 20.8 Å². The molecule has 0 aliphatic carbocycles. The Morgan fingerprint density at radius 3 is 2.64 bits per heavy atom. The molecule has 2 atom stereocenters. The number of nitrogens with one attached hydrogen (secondary N) is 1. The molecule has 80 valence electrons. The monoisotopic (exact) mass is 275 g/mol. The average molecular weight is 276 g/mol. The maximum atomic E-state index is 3.55. The number of hydrogen-bond donors (Lipinski definition) is 1. The Morgan fingerprint density at radius 1 is 1.50 bits per heavy atom. The van der Waals surface area contributed by atoms with Crippen molar-refractivity contribution in [1.82, 2.24) is 5.32 Å². The predicted octanol–water partition coefficient (Wildman–Crippen LogP) is 4.21. The molecule has 0 bridgehead atoms. The second kappa shape index (κ2) is 5.89. The molecular formula is C11H18BrNS. The summed E-state index contributed by atoms with van der Waals surface area (Å²) in [7, 11) is 0. The number of halogens is 1. The number of thiophene rings is 1. The van der Waals surface area contributed by atoms with Crippen LogP contribution in [0.1, 0.15) is 38.8 Å². The normalized spacial score (nSPS) is 15.4. The van der Waals surface area contributed by atoms with Gasteiger partial charge in [0.15, 0.2) is 0 Å². The summed E-state index contributed by atoms with van der Waals surface area (Å²) < 4.78 is 1.22. The summed E-state index contributed by atoms with van der Waals surface area (Å²) in [5.74, 6) is 0.691. The zero-order valence-corrected chi connectivity index (χ0v) is 11.4. The highest BCUT2D eigenvalue weighted by Crippen LogP contribution is 2.30. The largest absolute Gasteiger partial charge is 0.310 e. The smallest absolute Gasteiger partial charge is 0.0701 e. The summed E-state index contributed by atoms with van der Waals surface area (Å²) in [6.45, 7) is 7.74. The highest BCUT2D eigenvalue weighted by atomic mass is 79.9. The lowest BCUT2D eigenvalue weighted by Crippen LogP contribution is -2.26. The Hall–Kier alpha value is 0.140. The summed E-state index contributed by atoms with van der Waals surface area (Å²) in [6.07, 6.45) is 1.21. The molecule has 1 N–H and O–H groups in total.